The predicted octanol–water partition coefficient (Wildman–Crippen LogP) is 4.24. The molecule has 96 valence electrons. The molecule has 0 saturated carbocycles. The van der Waals surface area contributed by atoms with Gasteiger partial charge in [-0.1, -0.05) is 42.6 Å². The highest BCUT2D eigenvalue weighted by Crippen LogP contribution is 2.36. The molecule has 0 heterocycles. The van der Waals surface area contributed by atoms with E-state index in [1.165, 1.54) is 0 Å². The number of aliphatic hydroxyl groups excluding tert-OH is 1. The van der Waals surface area contributed by atoms with E-state index in [9.17, 15) is 5.11 Å². The summed E-state index contributed by atoms with van der Waals surface area (Å²) < 4.78 is 6.37. The second-order valence-electron chi connectivity index (χ2n) is 4.36. The summed E-state index contributed by atoms with van der Waals surface area (Å²) in [6.45, 7) is 6.22. The fourth-order valence-electron chi connectivity index (χ4n) is 2.07. The van der Waals surface area contributed by atoms with E-state index in [0.717, 1.165) is 34.2 Å². The predicted molar refractivity (Wildman–Crippen MR) is 74.5 cm³/mol. The zero-order chi connectivity index (χ0) is 13.0. The van der Waals surface area contributed by atoms with Crippen LogP contribution in [0.5, 0.6) is 5.75 Å². The maximum atomic E-state index is 10.4. The quantitative estimate of drug-likeness (QED) is 0.881. The first-order chi connectivity index (χ1) is 8.04. The van der Waals surface area contributed by atoms with Crippen molar-refractivity contribution in [2.24, 2.45) is 5.92 Å². The Labute approximate surface area is 112 Å². The summed E-state index contributed by atoms with van der Waals surface area (Å²) in [4.78, 5) is 0. The van der Waals surface area contributed by atoms with Crippen LogP contribution in [0.4, 0.5) is 0 Å². The molecule has 1 atom stereocenters. The molecule has 0 amide bonds. The largest absolute Gasteiger partial charge is 0.496 e. The number of hydrogen-bond donors (Lipinski definition) is 1. The van der Waals surface area contributed by atoms with Gasteiger partial charge in [0.05, 0.1) is 13.2 Å². The normalized spacial score (nSPS) is 12.9. The summed E-state index contributed by atoms with van der Waals surface area (Å²) in [5.41, 5.74) is 1.99. The maximum Gasteiger partial charge on any atom is 0.125 e. The molecule has 0 bridgehead atoms. The molecule has 1 aromatic carbocycles. The molecule has 1 unspecified atom stereocenters. The van der Waals surface area contributed by atoms with E-state index in [2.05, 4.69) is 29.8 Å². The number of hydrogen-bond acceptors (Lipinski definition) is 2. The molecule has 0 aliphatic rings. The van der Waals surface area contributed by atoms with Gasteiger partial charge in [0.25, 0.3) is 0 Å². The molecule has 0 spiro atoms. The Hall–Kier alpha value is -0.540. The third kappa shape index (κ3) is 3.23. The zero-order valence-corrected chi connectivity index (χ0v) is 12.5. The summed E-state index contributed by atoms with van der Waals surface area (Å²) in [7, 11) is 1.64. The van der Waals surface area contributed by atoms with E-state index < -0.39 is 6.10 Å². The molecule has 1 aromatic rings. The van der Waals surface area contributed by atoms with Gasteiger partial charge in [-0.2, -0.15) is 0 Å². The van der Waals surface area contributed by atoms with Crippen LogP contribution in [-0.2, 0) is 0 Å². The van der Waals surface area contributed by atoms with Gasteiger partial charge in [0, 0.05) is 10.0 Å². The molecular formula is C14H21BrO2. The number of benzene rings is 1. The van der Waals surface area contributed by atoms with Crippen LogP contribution in [0.3, 0.4) is 0 Å². The molecule has 0 radical (unpaired) electrons. The van der Waals surface area contributed by atoms with Crippen molar-refractivity contribution in [1.29, 1.82) is 0 Å². The molecule has 1 N–H and O–H groups in total. The van der Waals surface area contributed by atoms with Crippen LogP contribution in [0, 0.1) is 12.8 Å². The van der Waals surface area contributed by atoms with Crippen molar-refractivity contribution in [1.82, 2.24) is 0 Å². The van der Waals surface area contributed by atoms with Gasteiger partial charge in [0.15, 0.2) is 0 Å². The van der Waals surface area contributed by atoms with Crippen LogP contribution in [-0.4, -0.2) is 12.2 Å². The van der Waals surface area contributed by atoms with Crippen LogP contribution in [0.2, 0.25) is 0 Å². The molecule has 17 heavy (non-hydrogen) atoms. The third-order valence-electron chi connectivity index (χ3n) is 3.32. The number of aryl methyl sites for hydroxylation is 1. The monoisotopic (exact) mass is 300 g/mol. The summed E-state index contributed by atoms with van der Waals surface area (Å²) in [6, 6.07) is 3.93. The van der Waals surface area contributed by atoms with Gasteiger partial charge in [-0.05, 0) is 30.5 Å². The Morgan fingerprint density at radius 3 is 2.35 bits per heavy atom. The number of halogens is 1. The second kappa shape index (κ2) is 6.41. The fourth-order valence-corrected chi connectivity index (χ4v) is 2.43. The van der Waals surface area contributed by atoms with Crippen LogP contribution in [0.15, 0.2) is 16.6 Å². The minimum Gasteiger partial charge on any atom is -0.496 e. The number of rotatable bonds is 5. The highest BCUT2D eigenvalue weighted by atomic mass is 79.9. The SMILES string of the molecule is CCC(CC)C(O)c1cc(Br)c(C)cc1OC. The molecule has 3 heteroatoms. The third-order valence-corrected chi connectivity index (χ3v) is 4.18. The van der Waals surface area contributed by atoms with E-state index in [4.69, 9.17) is 4.74 Å². The van der Waals surface area contributed by atoms with E-state index >= 15 is 0 Å². The Kier molecular flexibility index (Phi) is 5.47. The lowest BCUT2D eigenvalue weighted by atomic mass is 9.90. The Morgan fingerprint density at radius 2 is 1.88 bits per heavy atom. The lowest BCUT2D eigenvalue weighted by molar-refractivity contribution is 0.100. The van der Waals surface area contributed by atoms with Crippen LogP contribution >= 0.6 is 15.9 Å². The van der Waals surface area contributed by atoms with Gasteiger partial charge in [-0.25, -0.2) is 0 Å². The van der Waals surface area contributed by atoms with E-state index in [1.54, 1.807) is 7.11 Å². The standard InChI is InChI=1S/C14H21BrO2/c1-5-10(6-2)14(16)11-8-12(15)9(3)7-13(11)17-4/h7-8,10,14,16H,5-6H2,1-4H3. The van der Waals surface area contributed by atoms with E-state index in [1.807, 2.05) is 19.1 Å². The second-order valence-corrected chi connectivity index (χ2v) is 5.22. The number of methoxy groups -OCH3 is 1. The average Bonchev–Trinajstić information content (AvgIpc) is 2.33. The van der Waals surface area contributed by atoms with Crippen molar-refractivity contribution in [2.75, 3.05) is 7.11 Å². The van der Waals surface area contributed by atoms with Gasteiger partial charge >= 0.3 is 0 Å². The molecule has 0 aliphatic heterocycles. The van der Waals surface area contributed by atoms with Crippen molar-refractivity contribution in [3.05, 3.63) is 27.7 Å². The molecule has 0 aliphatic carbocycles. The van der Waals surface area contributed by atoms with Crippen molar-refractivity contribution >= 4 is 15.9 Å². The first-order valence-electron chi connectivity index (χ1n) is 6.07. The Bertz CT molecular complexity index is 373. The highest BCUT2D eigenvalue weighted by molar-refractivity contribution is 9.10. The zero-order valence-electron chi connectivity index (χ0n) is 11.0. The minimum atomic E-state index is -0.461. The molecular weight excluding hydrogens is 280 g/mol. The van der Waals surface area contributed by atoms with Crippen molar-refractivity contribution in [2.45, 2.75) is 39.7 Å². The number of ether oxygens (including phenoxy) is 1. The van der Waals surface area contributed by atoms with E-state index in [-0.39, 0.29) is 5.92 Å². The summed E-state index contributed by atoms with van der Waals surface area (Å²) in [5, 5.41) is 10.4. The van der Waals surface area contributed by atoms with Crippen LogP contribution < -0.4 is 4.74 Å². The summed E-state index contributed by atoms with van der Waals surface area (Å²) >= 11 is 3.50. The Balaban J connectivity index is 3.15. The van der Waals surface area contributed by atoms with Gasteiger partial charge < -0.3 is 9.84 Å². The average molecular weight is 301 g/mol. The Morgan fingerprint density at radius 1 is 1.29 bits per heavy atom. The summed E-state index contributed by atoms with van der Waals surface area (Å²) in [5.74, 6) is 1.05. The van der Waals surface area contributed by atoms with Crippen LogP contribution in [0.25, 0.3) is 0 Å². The molecule has 0 fully saturated rings. The van der Waals surface area contributed by atoms with Gasteiger partial charge in [-0.15, -0.1) is 0 Å². The smallest absolute Gasteiger partial charge is 0.125 e. The van der Waals surface area contributed by atoms with Crippen LogP contribution in [0.1, 0.15) is 43.9 Å². The minimum absolute atomic E-state index is 0.276. The van der Waals surface area contributed by atoms with Gasteiger partial charge in [0.1, 0.15) is 5.75 Å². The van der Waals surface area contributed by atoms with Gasteiger partial charge in [-0.3, -0.25) is 0 Å². The molecule has 0 aromatic heterocycles. The van der Waals surface area contributed by atoms with Crippen molar-refractivity contribution in [3.8, 4) is 5.75 Å². The molecule has 2 nitrogen and oxygen atoms in total. The lowest BCUT2D eigenvalue weighted by Gasteiger charge is -2.23. The number of aliphatic hydroxyl groups is 1. The first-order valence-corrected chi connectivity index (χ1v) is 6.86. The fraction of sp³-hybridized carbons (Fsp3) is 0.571. The highest BCUT2D eigenvalue weighted by Gasteiger charge is 2.21. The van der Waals surface area contributed by atoms with E-state index in [0.29, 0.717) is 0 Å². The van der Waals surface area contributed by atoms with Crippen molar-refractivity contribution in [3.63, 3.8) is 0 Å². The topological polar surface area (TPSA) is 29.5 Å². The van der Waals surface area contributed by atoms with Gasteiger partial charge in [0.2, 0.25) is 0 Å². The lowest BCUT2D eigenvalue weighted by Crippen LogP contribution is -2.12. The van der Waals surface area contributed by atoms with Crippen molar-refractivity contribution < 1.29 is 9.84 Å². The first kappa shape index (κ1) is 14.5. The molecule has 0 saturated heterocycles. The molecule has 1 rings (SSSR count). The summed E-state index contributed by atoms with van der Waals surface area (Å²) in [6.07, 6.45) is 1.47. The maximum absolute atomic E-state index is 10.4.